The zero-order valence-electron chi connectivity index (χ0n) is 18.9. The van der Waals surface area contributed by atoms with E-state index >= 15 is 0 Å². The van der Waals surface area contributed by atoms with Crippen LogP contribution in [0.2, 0.25) is 0 Å². The van der Waals surface area contributed by atoms with E-state index in [4.69, 9.17) is 0 Å². The van der Waals surface area contributed by atoms with Crippen LogP contribution in [0.4, 0.5) is 37.1 Å². The van der Waals surface area contributed by atoms with E-state index in [0.29, 0.717) is 0 Å². The van der Waals surface area contributed by atoms with Gasteiger partial charge in [-0.25, -0.2) is 23.2 Å². The minimum atomic E-state index is -6.11. The number of sulfonamides is 1. The van der Waals surface area contributed by atoms with Crippen molar-refractivity contribution >= 4 is 22.1 Å². The van der Waals surface area contributed by atoms with Crippen LogP contribution in [0.3, 0.4) is 0 Å². The Hall–Kier alpha value is -2.40. The van der Waals surface area contributed by atoms with Crippen molar-refractivity contribution in [2.45, 2.75) is 37.8 Å². The third-order valence-electron chi connectivity index (χ3n) is 5.34. The van der Waals surface area contributed by atoms with Crippen molar-refractivity contribution in [1.29, 1.82) is 0 Å². The highest BCUT2D eigenvalue weighted by Gasteiger charge is 2.71. The molecule has 17 heteroatoms. The highest BCUT2D eigenvalue weighted by molar-refractivity contribution is 7.88. The second kappa shape index (κ2) is 9.93. The van der Waals surface area contributed by atoms with Gasteiger partial charge in [0.1, 0.15) is 0 Å². The van der Waals surface area contributed by atoms with E-state index in [2.05, 4.69) is 9.97 Å². The summed E-state index contributed by atoms with van der Waals surface area (Å²) in [6.07, 6.45) is -12.2. The van der Waals surface area contributed by atoms with Crippen LogP contribution in [-0.4, -0.2) is 101 Å². The maximum Gasteiger partial charge on any atom is 0.430 e. The molecule has 1 aliphatic rings. The van der Waals surface area contributed by atoms with E-state index in [1.807, 2.05) is 0 Å². The number of amides is 1. The second-order valence-electron chi connectivity index (χ2n) is 8.53. The average Bonchev–Trinajstić information content (AvgIpc) is 2.70. The molecule has 35 heavy (non-hydrogen) atoms. The Kier molecular flexibility index (Phi) is 8.18. The number of halogens is 6. The summed E-state index contributed by atoms with van der Waals surface area (Å²) in [5.41, 5.74) is -6.86. The molecule has 1 aliphatic heterocycles. The van der Waals surface area contributed by atoms with Gasteiger partial charge >= 0.3 is 18.4 Å². The number of hydrogen-bond donors (Lipinski definition) is 2. The molecule has 0 radical (unpaired) electrons. The molecule has 1 saturated heterocycles. The lowest BCUT2D eigenvalue weighted by Gasteiger charge is -2.42. The van der Waals surface area contributed by atoms with Crippen molar-refractivity contribution < 1.29 is 49.8 Å². The van der Waals surface area contributed by atoms with Crippen LogP contribution in [0, 0.1) is 5.92 Å². The summed E-state index contributed by atoms with van der Waals surface area (Å²) in [6, 6.07) is -0.900. The van der Waals surface area contributed by atoms with Gasteiger partial charge in [0.2, 0.25) is 16.0 Å². The Bertz CT molecular complexity index is 989. The van der Waals surface area contributed by atoms with E-state index in [9.17, 15) is 49.8 Å². The number of aliphatic hydroxyl groups is 1. The SMILES string of the molecule is CC(C)CN(C[C@H]1CN(C(=O)O)CCN1c1ncc(C(O)(C(F)(F)F)C(F)(F)F)cn1)S(C)(=O)=O. The molecular weight excluding hydrogens is 512 g/mol. The zero-order chi connectivity index (χ0) is 27.0. The van der Waals surface area contributed by atoms with E-state index in [0.717, 1.165) is 15.5 Å². The quantitative estimate of drug-likeness (QED) is 0.505. The van der Waals surface area contributed by atoms with Crippen LogP contribution in [0.5, 0.6) is 0 Å². The number of carbonyl (C=O) groups is 1. The Balaban J connectivity index is 2.45. The first-order chi connectivity index (χ1) is 15.8. The van der Waals surface area contributed by atoms with Gasteiger partial charge in [-0.2, -0.15) is 30.6 Å². The molecule has 0 spiro atoms. The molecule has 0 bridgehead atoms. The number of aromatic nitrogens is 2. The predicted octanol–water partition coefficient (Wildman–Crippen LogP) is 1.87. The summed E-state index contributed by atoms with van der Waals surface area (Å²) >= 11 is 0. The molecule has 0 aromatic carbocycles. The third kappa shape index (κ3) is 6.24. The predicted molar refractivity (Wildman–Crippen MR) is 110 cm³/mol. The topological polar surface area (TPSA) is 127 Å². The molecule has 0 saturated carbocycles. The van der Waals surface area contributed by atoms with Gasteiger partial charge in [0, 0.05) is 50.7 Å². The highest BCUT2D eigenvalue weighted by Crippen LogP contribution is 2.49. The molecule has 1 atom stereocenters. The van der Waals surface area contributed by atoms with Gasteiger partial charge in [-0.3, -0.25) is 0 Å². The fraction of sp³-hybridized carbons (Fsp3) is 0.722. The van der Waals surface area contributed by atoms with Crippen LogP contribution in [0.25, 0.3) is 0 Å². The average molecular weight is 537 g/mol. The van der Waals surface area contributed by atoms with Crippen molar-refractivity contribution in [3.63, 3.8) is 0 Å². The highest BCUT2D eigenvalue weighted by atomic mass is 32.2. The Morgan fingerprint density at radius 1 is 1.14 bits per heavy atom. The van der Waals surface area contributed by atoms with Crippen molar-refractivity contribution in [2.75, 3.05) is 43.9 Å². The van der Waals surface area contributed by atoms with Crippen molar-refractivity contribution in [3.8, 4) is 0 Å². The maximum atomic E-state index is 13.1. The molecule has 2 rings (SSSR count). The molecule has 200 valence electrons. The van der Waals surface area contributed by atoms with Gasteiger partial charge in [-0.1, -0.05) is 13.8 Å². The molecule has 1 fully saturated rings. The summed E-state index contributed by atoms with van der Waals surface area (Å²) in [4.78, 5) is 20.9. The fourth-order valence-electron chi connectivity index (χ4n) is 3.58. The molecule has 0 aliphatic carbocycles. The Morgan fingerprint density at radius 2 is 1.66 bits per heavy atom. The van der Waals surface area contributed by atoms with E-state index in [1.54, 1.807) is 13.8 Å². The van der Waals surface area contributed by atoms with Crippen LogP contribution < -0.4 is 4.90 Å². The minimum absolute atomic E-state index is 0.0836. The summed E-state index contributed by atoms with van der Waals surface area (Å²) in [5, 5.41) is 18.8. The largest absolute Gasteiger partial charge is 0.465 e. The summed E-state index contributed by atoms with van der Waals surface area (Å²) in [6.45, 7) is 2.92. The van der Waals surface area contributed by atoms with Crippen molar-refractivity contribution in [3.05, 3.63) is 18.0 Å². The van der Waals surface area contributed by atoms with Crippen LogP contribution in [0.15, 0.2) is 12.4 Å². The summed E-state index contributed by atoms with van der Waals surface area (Å²) in [5.74, 6) is -0.455. The van der Waals surface area contributed by atoms with Crippen molar-refractivity contribution in [1.82, 2.24) is 19.2 Å². The van der Waals surface area contributed by atoms with Crippen LogP contribution in [-0.2, 0) is 15.6 Å². The first-order valence-electron chi connectivity index (χ1n) is 10.2. The van der Waals surface area contributed by atoms with Gasteiger partial charge in [0.25, 0.3) is 5.60 Å². The lowest BCUT2D eigenvalue weighted by Crippen LogP contribution is -2.59. The lowest BCUT2D eigenvalue weighted by atomic mass is 9.95. The van der Waals surface area contributed by atoms with Gasteiger partial charge in [0.15, 0.2) is 0 Å². The number of rotatable bonds is 7. The normalized spacial score (nSPS) is 18.5. The molecule has 1 aromatic rings. The third-order valence-corrected chi connectivity index (χ3v) is 6.57. The molecule has 2 heterocycles. The van der Waals surface area contributed by atoms with Gasteiger partial charge < -0.3 is 20.0 Å². The second-order valence-corrected chi connectivity index (χ2v) is 10.5. The van der Waals surface area contributed by atoms with E-state index in [-0.39, 0.29) is 57.0 Å². The maximum absolute atomic E-state index is 13.1. The number of anilines is 1. The molecule has 2 N–H and O–H groups in total. The summed E-state index contributed by atoms with van der Waals surface area (Å²) < 4.78 is 104. The zero-order valence-corrected chi connectivity index (χ0v) is 19.7. The van der Waals surface area contributed by atoms with Crippen molar-refractivity contribution in [2.24, 2.45) is 5.92 Å². The fourth-order valence-corrected chi connectivity index (χ4v) is 4.59. The molecule has 1 amide bonds. The number of alkyl halides is 6. The molecule has 10 nitrogen and oxygen atoms in total. The number of hydrogen-bond acceptors (Lipinski definition) is 7. The van der Waals surface area contributed by atoms with Crippen LogP contribution in [0.1, 0.15) is 19.4 Å². The molecular formula is C18H25F6N5O5S. The number of carboxylic acid groups (broad SMARTS) is 1. The number of nitrogens with zero attached hydrogens (tertiary/aromatic N) is 5. The van der Waals surface area contributed by atoms with E-state index in [1.165, 1.54) is 4.90 Å². The Morgan fingerprint density at radius 3 is 2.06 bits per heavy atom. The first-order valence-corrected chi connectivity index (χ1v) is 12.0. The molecule has 1 aromatic heterocycles. The lowest BCUT2D eigenvalue weighted by molar-refractivity contribution is -0.376. The van der Waals surface area contributed by atoms with Gasteiger partial charge in [0.05, 0.1) is 12.3 Å². The first kappa shape index (κ1) is 28.8. The monoisotopic (exact) mass is 537 g/mol. The van der Waals surface area contributed by atoms with E-state index < -0.39 is 45.7 Å². The summed E-state index contributed by atoms with van der Waals surface area (Å²) in [7, 11) is -3.74. The smallest absolute Gasteiger partial charge is 0.430 e. The van der Waals surface area contributed by atoms with Gasteiger partial charge in [-0.15, -0.1) is 0 Å². The minimum Gasteiger partial charge on any atom is -0.465 e. The standard InChI is InChI=1S/C18H25F6N5O5S/c1-11(2)8-28(35(3,33)34)10-13-9-27(15(30)31)4-5-29(13)14-25-6-12(7-26-14)16(32,17(19,20)21)18(22,23)24/h6-7,11,13,32H,4-5,8-10H2,1-3H3,(H,30,31)/t13-/m1/s1. The Labute approximate surface area is 197 Å². The van der Waals surface area contributed by atoms with Gasteiger partial charge in [-0.05, 0) is 5.92 Å². The number of piperazine rings is 1. The molecule has 0 unspecified atom stereocenters. The van der Waals surface area contributed by atoms with Crippen LogP contribution >= 0.6 is 0 Å².